The zero-order chi connectivity index (χ0) is 13.3. The third-order valence-electron chi connectivity index (χ3n) is 3.27. The first-order valence-corrected chi connectivity index (χ1v) is 8.34. The number of sulfonamides is 1. The first-order valence-electron chi connectivity index (χ1n) is 5.85. The van der Waals surface area contributed by atoms with Crippen molar-refractivity contribution in [2.45, 2.75) is 30.0 Å². The van der Waals surface area contributed by atoms with E-state index in [4.69, 9.17) is 0 Å². The second-order valence-corrected chi connectivity index (χ2v) is 7.80. The predicted molar refractivity (Wildman–Crippen MR) is 73.4 cm³/mol. The molecule has 0 aromatic heterocycles. The number of nitrogens with zero attached hydrogens (tertiary/aromatic N) is 1. The summed E-state index contributed by atoms with van der Waals surface area (Å²) in [6.07, 6.45) is 0. The van der Waals surface area contributed by atoms with Gasteiger partial charge in [-0.05, 0) is 31.2 Å². The highest BCUT2D eigenvalue weighted by Crippen LogP contribution is 2.29. The van der Waals surface area contributed by atoms with Crippen LogP contribution in [0.15, 0.2) is 29.2 Å². The van der Waals surface area contributed by atoms with Crippen LogP contribution in [0, 0.1) is 0 Å². The molecule has 1 aromatic rings. The number of benzene rings is 1. The third kappa shape index (κ3) is 2.50. The predicted octanol–water partition coefficient (Wildman–Crippen LogP) is 1.91. The summed E-state index contributed by atoms with van der Waals surface area (Å²) in [5.41, 5.74) is 0. The Kier molecular flexibility index (Phi) is 3.89. The highest BCUT2D eigenvalue weighted by molar-refractivity contribution is 8.00. The Morgan fingerprint density at radius 1 is 1.28 bits per heavy atom. The lowest BCUT2D eigenvalue weighted by atomic mass is 10.2. The van der Waals surface area contributed by atoms with Crippen LogP contribution < -0.4 is 0 Å². The fourth-order valence-corrected chi connectivity index (χ4v) is 4.99. The molecule has 1 N–H and O–H groups in total. The maximum absolute atomic E-state index is 12.5. The normalized spacial score (nSPS) is 26.1. The molecule has 0 spiro atoms. The van der Waals surface area contributed by atoms with Crippen molar-refractivity contribution in [2.24, 2.45) is 0 Å². The van der Waals surface area contributed by atoms with Crippen LogP contribution in [0.3, 0.4) is 0 Å². The quantitative estimate of drug-likeness (QED) is 0.902. The van der Waals surface area contributed by atoms with Crippen LogP contribution in [0.5, 0.6) is 5.75 Å². The summed E-state index contributed by atoms with van der Waals surface area (Å²) in [5, 5.41) is 9.51. The van der Waals surface area contributed by atoms with E-state index in [1.807, 2.05) is 13.8 Å². The number of hydrogen-bond donors (Lipinski definition) is 1. The number of rotatable bonds is 2. The summed E-state index contributed by atoms with van der Waals surface area (Å²) < 4.78 is 26.5. The zero-order valence-electron chi connectivity index (χ0n) is 10.4. The molecule has 0 saturated carbocycles. The Morgan fingerprint density at radius 2 is 1.89 bits per heavy atom. The molecule has 0 amide bonds. The van der Waals surface area contributed by atoms with Gasteiger partial charge in [-0.3, -0.25) is 0 Å². The summed E-state index contributed by atoms with van der Waals surface area (Å²) in [5.74, 6) is 0.896. The number of aromatic hydroxyl groups is 1. The van der Waals surface area contributed by atoms with Gasteiger partial charge in [0.2, 0.25) is 10.0 Å². The molecule has 6 heteroatoms. The van der Waals surface area contributed by atoms with Crippen LogP contribution in [0.2, 0.25) is 0 Å². The zero-order valence-corrected chi connectivity index (χ0v) is 12.0. The first kappa shape index (κ1) is 13.7. The van der Waals surface area contributed by atoms with Crippen LogP contribution in [0.1, 0.15) is 13.8 Å². The van der Waals surface area contributed by atoms with E-state index >= 15 is 0 Å². The van der Waals surface area contributed by atoms with Gasteiger partial charge in [0, 0.05) is 23.6 Å². The van der Waals surface area contributed by atoms with Crippen molar-refractivity contribution in [1.82, 2.24) is 4.31 Å². The van der Waals surface area contributed by atoms with Crippen molar-refractivity contribution in [2.75, 3.05) is 12.3 Å². The van der Waals surface area contributed by atoms with Gasteiger partial charge in [0.1, 0.15) is 5.75 Å². The minimum atomic E-state index is -3.45. The first-order chi connectivity index (χ1) is 8.43. The maximum atomic E-state index is 12.5. The van der Waals surface area contributed by atoms with E-state index in [0.29, 0.717) is 11.8 Å². The second-order valence-electron chi connectivity index (χ2n) is 4.43. The molecule has 1 heterocycles. The van der Waals surface area contributed by atoms with Gasteiger partial charge in [0.25, 0.3) is 0 Å². The summed E-state index contributed by atoms with van der Waals surface area (Å²) in [4.78, 5) is 0.242. The van der Waals surface area contributed by atoms with Gasteiger partial charge in [0.15, 0.2) is 0 Å². The van der Waals surface area contributed by atoms with E-state index in [-0.39, 0.29) is 16.7 Å². The van der Waals surface area contributed by atoms with Gasteiger partial charge in [-0.25, -0.2) is 8.42 Å². The molecule has 1 aliphatic rings. The molecule has 2 rings (SSSR count). The van der Waals surface area contributed by atoms with Crippen molar-refractivity contribution < 1.29 is 13.5 Å². The molecule has 4 nitrogen and oxygen atoms in total. The number of phenolic OH excluding ortho intramolecular Hbond substituents is 1. The van der Waals surface area contributed by atoms with Gasteiger partial charge in [0.05, 0.1) is 4.90 Å². The van der Waals surface area contributed by atoms with Crippen molar-refractivity contribution in [3.63, 3.8) is 0 Å². The van der Waals surface area contributed by atoms with E-state index in [1.165, 1.54) is 24.3 Å². The lowest BCUT2D eigenvalue weighted by Crippen LogP contribution is -2.47. The molecule has 0 bridgehead atoms. The lowest BCUT2D eigenvalue weighted by Gasteiger charge is -2.36. The van der Waals surface area contributed by atoms with Crippen LogP contribution >= 0.6 is 11.8 Å². The van der Waals surface area contributed by atoms with Gasteiger partial charge < -0.3 is 5.11 Å². The molecule has 18 heavy (non-hydrogen) atoms. The van der Waals surface area contributed by atoms with E-state index in [0.717, 1.165) is 5.75 Å². The molecule has 1 saturated heterocycles. The summed E-state index contributed by atoms with van der Waals surface area (Å²) in [6, 6.07) is 5.69. The van der Waals surface area contributed by atoms with Crippen LogP contribution in [-0.2, 0) is 10.0 Å². The fourth-order valence-electron chi connectivity index (χ4n) is 2.00. The molecule has 1 aliphatic heterocycles. The third-order valence-corrected chi connectivity index (χ3v) is 6.61. The van der Waals surface area contributed by atoms with Gasteiger partial charge >= 0.3 is 0 Å². The highest BCUT2D eigenvalue weighted by atomic mass is 32.2. The highest BCUT2D eigenvalue weighted by Gasteiger charge is 2.34. The Labute approximate surface area is 112 Å². The Morgan fingerprint density at radius 3 is 2.50 bits per heavy atom. The van der Waals surface area contributed by atoms with Crippen LogP contribution in [-0.4, -0.2) is 41.4 Å². The summed E-state index contributed by atoms with van der Waals surface area (Å²) >= 11 is 1.80. The number of hydrogen-bond acceptors (Lipinski definition) is 4. The molecule has 0 aliphatic carbocycles. The molecular weight excluding hydrogens is 270 g/mol. The average Bonchev–Trinajstić information content (AvgIpc) is 2.33. The molecule has 2 unspecified atom stereocenters. The second kappa shape index (κ2) is 5.11. The number of phenols is 1. The lowest BCUT2D eigenvalue weighted by molar-refractivity contribution is 0.340. The largest absolute Gasteiger partial charge is 0.508 e. The Bertz CT molecular complexity index is 513. The Hall–Kier alpha value is -0.720. The van der Waals surface area contributed by atoms with Crippen molar-refractivity contribution in [3.05, 3.63) is 24.3 Å². The molecule has 2 atom stereocenters. The van der Waals surface area contributed by atoms with Crippen LogP contribution in [0.25, 0.3) is 0 Å². The molecular formula is C12H17NO3S2. The van der Waals surface area contributed by atoms with E-state index in [1.54, 1.807) is 16.1 Å². The number of thioether (sulfide) groups is 1. The van der Waals surface area contributed by atoms with E-state index in [9.17, 15) is 13.5 Å². The SMILES string of the molecule is CC1SCCN(S(=O)(=O)c2ccc(O)cc2)C1C. The van der Waals surface area contributed by atoms with Crippen molar-refractivity contribution in [1.29, 1.82) is 0 Å². The van der Waals surface area contributed by atoms with E-state index < -0.39 is 10.0 Å². The monoisotopic (exact) mass is 287 g/mol. The molecule has 100 valence electrons. The van der Waals surface area contributed by atoms with Crippen molar-refractivity contribution >= 4 is 21.8 Å². The molecule has 1 aromatic carbocycles. The standard InChI is InChI=1S/C12H17NO3S2/c1-9-10(2)17-8-7-13(9)18(15,16)12-5-3-11(14)4-6-12/h3-6,9-10,14H,7-8H2,1-2H3. The van der Waals surface area contributed by atoms with Gasteiger partial charge in [-0.2, -0.15) is 16.1 Å². The molecule has 1 fully saturated rings. The van der Waals surface area contributed by atoms with Gasteiger partial charge in [-0.15, -0.1) is 0 Å². The Balaban J connectivity index is 2.33. The average molecular weight is 287 g/mol. The summed E-state index contributed by atoms with van der Waals surface area (Å²) in [7, 11) is -3.45. The van der Waals surface area contributed by atoms with Crippen molar-refractivity contribution in [3.8, 4) is 5.75 Å². The van der Waals surface area contributed by atoms with Gasteiger partial charge in [-0.1, -0.05) is 6.92 Å². The van der Waals surface area contributed by atoms with Crippen LogP contribution in [0.4, 0.5) is 0 Å². The topological polar surface area (TPSA) is 57.6 Å². The molecule has 0 radical (unpaired) electrons. The maximum Gasteiger partial charge on any atom is 0.243 e. The van der Waals surface area contributed by atoms with E-state index in [2.05, 4.69) is 0 Å². The minimum absolute atomic E-state index is 0.0115. The fraction of sp³-hybridized carbons (Fsp3) is 0.500. The minimum Gasteiger partial charge on any atom is -0.508 e. The smallest absolute Gasteiger partial charge is 0.243 e. The summed E-state index contributed by atoms with van der Waals surface area (Å²) in [6.45, 7) is 4.53.